The fourth-order valence-electron chi connectivity index (χ4n) is 3.08. The predicted molar refractivity (Wildman–Crippen MR) is 63.0 cm³/mol. The number of hydrogen-bond acceptors (Lipinski definition) is 2. The number of rotatable bonds is 5. The van der Waals surface area contributed by atoms with Gasteiger partial charge >= 0.3 is 0 Å². The Hall–Kier alpha value is -0.0800. The molecule has 0 aromatic heterocycles. The van der Waals surface area contributed by atoms with E-state index >= 15 is 0 Å². The van der Waals surface area contributed by atoms with Gasteiger partial charge < -0.3 is 9.64 Å². The number of nitrogens with zero attached hydrogens (tertiary/aromatic N) is 1. The van der Waals surface area contributed by atoms with Crippen molar-refractivity contribution in [1.29, 1.82) is 0 Å². The van der Waals surface area contributed by atoms with E-state index in [-0.39, 0.29) is 0 Å². The van der Waals surface area contributed by atoms with Crippen LogP contribution in [0.3, 0.4) is 0 Å². The first kappa shape index (κ1) is 11.4. The van der Waals surface area contributed by atoms with Crippen LogP contribution < -0.4 is 0 Å². The minimum Gasteiger partial charge on any atom is -0.380 e. The first-order valence-electron chi connectivity index (χ1n) is 6.39. The maximum Gasteiger partial charge on any atom is 0.0710 e. The van der Waals surface area contributed by atoms with Crippen LogP contribution in [0.15, 0.2) is 0 Å². The van der Waals surface area contributed by atoms with E-state index < -0.39 is 0 Å². The van der Waals surface area contributed by atoms with E-state index in [9.17, 15) is 0 Å². The molecule has 2 aliphatic rings. The van der Waals surface area contributed by atoms with E-state index in [0.29, 0.717) is 11.5 Å². The molecule has 1 atom stereocenters. The monoisotopic (exact) mass is 211 g/mol. The third-order valence-corrected chi connectivity index (χ3v) is 3.92. The molecule has 0 spiro atoms. The van der Waals surface area contributed by atoms with Gasteiger partial charge in [0.2, 0.25) is 0 Å². The molecule has 2 rings (SSSR count). The average molecular weight is 211 g/mol. The molecule has 0 aromatic rings. The van der Waals surface area contributed by atoms with Crippen LogP contribution >= 0.6 is 0 Å². The first-order valence-corrected chi connectivity index (χ1v) is 6.39. The van der Waals surface area contributed by atoms with Crippen LogP contribution in [0, 0.1) is 11.3 Å². The van der Waals surface area contributed by atoms with Gasteiger partial charge in [0.05, 0.1) is 6.10 Å². The van der Waals surface area contributed by atoms with Crippen molar-refractivity contribution >= 4 is 0 Å². The molecule has 2 fully saturated rings. The van der Waals surface area contributed by atoms with Gasteiger partial charge in [0, 0.05) is 26.7 Å². The molecule has 0 bridgehead atoms. The average Bonchev–Trinajstić information content (AvgIpc) is 2.76. The third-order valence-electron chi connectivity index (χ3n) is 3.92. The Morgan fingerprint density at radius 3 is 2.60 bits per heavy atom. The SMILES string of the molecule is CO[C@@H]1CCN(CC2(CC(C)C)CC2)C1. The normalized spacial score (nSPS) is 30.0. The highest BCUT2D eigenvalue weighted by Gasteiger charge is 2.44. The molecule has 1 saturated heterocycles. The maximum atomic E-state index is 5.42. The summed E-state index contributed by atoms with van der Waals surface area (Å²) in [5, 5.41) is 0. The molecule has 1 heterocycles. The van der Waals surface area contributed by atoms with E-state index in [0.717, 1.165) is 12.5 Å². The highest BCUT2D eigenvalue weighted by molar-refractivity contribution is 4.97. The Labute approximate surface area is 94.0 Å². The molecular formula is C13H25NO. The summed E-state index contributed by atoms with van der Waals surface area (Å²) in [5.41, 5.74) is 0.691. The largest absolute Gasteiger partial charge is 0.380 e. The molecule has 1 aliphatic carbocycles. The van der Waals surface area contributed by atoms with Crippen LogP contribution in [0.2, 0.25) is 0 Å². The summed E-state index contributed by atoms with van der Waals surface area (Å²) in [4.78, 5) is 2.61. The van der Waals surface area contributed by atoms with Crippen LogP contribution in [0.25, 0.3) is 0 Å². The van der Waals surface area contributed by atoms with Gasteiger partial charge in [-0.15, -0.1) is 0 Å². The second-order valence-corrected chi connectivity index (χ2v) is 5.98. The maximum absolute atomic E-state index is 5.42. The summed E-state index contributed by atoms with van der Waals surface area (Å²) >= 11 is 0. The molecule has 1 saturated carbocycles. The second kappa shape index (κ2) is 4.42. The molecule has 1 aliphatic heterocycles. The summed E-state index contributed by atoms with van der Waals surface area (Å²) < 4.78 is 5.42. The Morgan fingerprint density at radius 2 is 2.13 bits per heavy atom. The molecule has 15 heavy (non-hydrogen) atoms. The summed E-state index contributed by atoms with van der Waals surface area (Å²) in [6.45, 7) is 8.43. The van der Waals surface area contributed by atoms with Gasteiger partial charge in [-0.3, -0.25) is 0 Å². The van der Waals surface area contributed by atoms with Crippen molar-refractivity contribution in [1.82, 2.24) is 4.90 Å². The van der Waals surface area contributed by atoms with Crippen molar-refractivity contribution in [3.05, 3.63) is 0 Å². The van der Waals surface area contributed by atoms with Gasteiger partial charge in [0.15, 0.2) is 0 Å². The quantitative estimate of drug-likeness (QED) is 0.693. The summed E-state index contributed by atoms with van der Waals surface area (Å²) in [6, 6.07) is 0. The lowest BCUT2D eigenvalue weighted by Crippen LogP contribution is -2.30. The van der Waals surface area contributed by atoms with Crippen molar-refractivity contribution in [2.24, 2.45) is 11.3 Å². The minimum absolute atomic E-state index is 0.500. The van der Waals surface area contributed by atoms with E-state index in [4.69, 9.17) is 4.74 Å². The smallest absolute Gasteiger partial charge is 0.0710 e. The highest BCUT2D eigenvalue weighted by atomic mass is 16.5. The first-order chi connectivity index (χ1) is 7.13. The summed E-state index contributed by atoms with van der Waals surface area (Å²) in [7, 11) is 1.84. The Morgan fingerprint density at radius 1 is 1.40 bits per heavy atom. The Kier molecular flexibility index (Phi) is 3.36. The highest BCUT2D eigenvalue weighted by Crippen LogP contribution is 2.51. The van der Waals surface area contributed by atoms with Crippen LogP contribution in [0.4, 0.5) is 0 Å². The fourth-order valence-corrected chi connectivity index (χ4v) is 3.08. The molecule has 0 radical (unpaired) electrons. The van der Waals surface area contributed by atoms with Crippen molar-refractivity contribution in [2.45, 2.75) is 45.6 Å². The number of methoxy groups -OCH3 is 1. The third kappa shape index (κ3) is 2.94. The van der Waals surface area contributed by atoms with Crippen LogP contribution in [0.5, 0.6) is 0 Å². The van der Waals surface area contributed by atoms with Gasteiger partial charge in [0.25, 0.3) is 0 Å². The van der Waals surface area contributed by atoms with Crippen LogP contribution in [-0.4, -0.2) is 37.7 Å². The van der Waals surface area contributed by atoms with Gasteiger partial charge in [0.1, 0.15) is 0 Å². The molecule has 0 aromatic carbocycles. The van der Waals surface area contributed by atoms with Gasteiger partial charge in [-0.2, -0.15) is 0 Å². The zero-order valence-electron chi connectivity index (χ0n) is 10.5. The van der Waals surface area contributed by atoms with Gasteiger partial charge in [-0.05, 0) is 37.0 Å². The predicted octanol–water partition coefficient (Wildman–Crippen LogP) is 2.53. The molecule has 88 valence electrons. The van der Waals surface area contributed by atoms with E-state index in [2.05, 4.69) is 18.7 Å². The lowest BCUT2D eigenvalue weighted by Gasteiger charge is -2.24. The summed E-state index contributed by atoms with van der Waals surface area (Å²) in [5.74, 6) is 0.855. The molecular weight excluding hydrogens is 186 g/mol. The summed E-state index contributed by atoms with van der Waals surface area (Å²) in [6.07, 6.45) is 6.06. The standard InChI is InChI=1S/C13H25NO/c1-11(2)8-13(5-6-13)10-14-7-4-12(9-14)15-3/h11-12H,4-10H2,1-3H3/t12-/m1/s1. The van der Waals surface area contributed by atoms with Crippen LogP contribution in [0.1, 0.15) is 39.5 Å². The van der Waals surface area contributed by atoms with Crippen LogP contribution in [-0.2, 0) is 4.74 Å². The zero-order valence-corrected chi connectivity index (χ0v) is 10.5. The van der Waals surface area contributed by atoms with E-state index in [1.807, 2.05) is 7.11 Å². The lowest BCUT2D eigenvalue weighted by molar-refractivity contribution is 0.104. The Bertz CT molecular complexity index is 211. The zero-order chi connectivity index (χ0) is 10.9. The van der Waals surface area contributed by atoms with E-state index in [1.54, 1.807) is 0 Å². The molecule has 0 amide bonds. The van der Waals surface area contributed by atoms with Crippen molar-refractivity contribution < 1.29 is 4.74 Å². The topological polar surface area (TPSA) is 12.5 Å². The van der Waals surface area contributed by atoms with Crippen molar-refractivity contribution in [3.8, 4) is 0 Å². The molecule has 2 heteroatoms. The number of hydrogen-bond donors (Lipinski definition) is 0. The van der Waals surface area contributed by atoms with Gasteiger partial charge in [-0.25, -0.2) is 0 Å². The molecule has 0 N–H and O–H groups in total. The fraction of sp³-hybridized carbons (Fsp3) is 1.00. The van der Waals surface area contributed by atoms with Gasteiger partial charge in [-0.1, -0.05) is 13.8 Å². The minimum atomic E-state index is 0.500. The second-order valence-electron chi connectivity index (χ2n) is 5.98. The lowest BCUT2D eigenvalue weighted by atomic mass is 9.94. The van der Waals surface area contributed by atoms with E-state index in [1.165, 1.54) is 38.8 Å². The molecule has 0 unspecified atom stereocenters. The Balaban J connectivity index is 1.77. The molecule has 2 nitrogen and oxygen atoms in total. The number of likely N-dealkylation sites (tertiary alicyclic amines) is 1. The van der Waals surface area contributed by atoms with Crippen molar-refractivity contribution in [2.75, 3.05) is 26.7 Å². The van der Waals surface area contributed by atoms with Crippen molar-refractivity contribution in [3.63, 3.8) is 0 Å². The number of ether oxygens (including phenoxy) is 1.